The van der Waals surface area contributed by atoms with Crippen LogP contribution in [0.4, 0.5) is 0 Å². The van der Waals surface area contributed by atoms with E-state index in [1.807, 2.05) is 24.0 Å². The Bertz CT molecular complexity index is 222. The van der Waals surface area contributed by atoms with Crippen molar-refractivity contribution in [3.05, 3.63) is 12.4 Å². The normalized spacial score (nSPS) is 9.27. The van der Waals surface area contributed by atoms with Gasteiger partial charge in [0, 0.05) is 0 Å². The minimum absolute atomic E-state index is 0. The van der Waals surface area contributed by atoms with Gasteiger partial charge in [0.05, 0.1) is 13.6 Å². The summed E-state index contributed by atoms with van der Waals surface area (Å²) < 4.78 is 3.51. The molecule has 11 heavy (non-hydrogen) atoms. The zero-order valence-corrected chi connectivity index (χ0v) is 7.54. The van der Waals surface area contributed by atoms with Crippen LogP contribution >= 0.6 is 0 Å². The maximum Gasteiger partial charge on any atom is 0.453 e. The van der Waals surface area contributed by atoms with Crippen LogP contribution in [0.1, 0.15) is 13.3 Å². The molecule has 1 rings (SSSR count). The van der Waals surface area contributed by atoms with Crippen LogP contribution < -0.4 is 17.0 Å². The zero-order chi connectivity index (χ0) is 7.56. The fourth-order valence-corrected chi connectivity index (χ4v) is 0.932. The van der Waals surface area contributed by atoms with Crippen molar-refractivity contribution < 1.29 is 22.1 Å². The molecular weight excluding hydrogens is 164 g/mol. The summed E-state index contributed by atoms with van der Waals surface area (Å²) in [6.45, 7) is 2.96. The highest BCUT2D eigenvalue weighted by molar-refractivity contribution is 4.84. The maximum atomic E-state index is 9.29. The predicted octanol–water partition coefficient (Wildman–Crippen LogP) is -2.57. The molecular formula is C7H13ClN2O. The second-order valence-electron chi connectivity index (χ2n) is 2.40. The number of hydrogen-bond acceptors (Lipinski definition) is 1. The topological polar surface area (TPSA) is 29.0 Å². The predicted molar refractivity (Wildman–Crippen MR) is 37.6 cm³/mol. The molecule has 0 aliphatic heterocycles. The fraction of sp³-hybridized carbons (Fsp3) is 0.571. The fourth-order valence-electron chi connectivity index (χ4n) is 0.932. The molecule has 1 heterocycles. The van der Waals surface area contributed by atoms with Crippen molar-refractivity contribution in [1.82, 2.24) is 4.57 Å². The number of nitrogens with zero attached hydrogens (tertiary/aromatic N) is 2. The highest BCUT2D eigenvalue weighted by atomic mass is 35.5. The van der Waals surface area contributed by atoms with E-state index in [0.29, 0.717) is 6.01 Å². The Balaban J connectivity index is 0.000001000. The molecule has 3 nitrogen and oxygen atoms in total. The quantitative estimate of drug-likeness (QED) is 0.494. The van der Waals surface area contributed by atoms with E-state index in [1.165, 1.54) is 0 Å². The molecule has 1 aromatic heterocycles. The summed E-state index contributed by atoms with van der Waals surface area (Å²) in [6.07, 6.45) is 4.76. The summed E-state index contributed by atoms with van der Waals surface area (Å²) in [5.41, 5.74) is 0. The van der Waals surface area contributed by atoms with Gasteiger partial charge in [-0.25, -0.2) is 4.57 Å². The standard InChI is InChI=1S/C7H12N2O.ClH/c1-3-4-9-6-5-8(2)7(9)10;/h5-6H,3-4H2,1-2H3;1H. The molecule has 0 amide bonds. The van der Waals surface area contributed by atoms with Crippen molar-refractivity contribution in [2.24, 2.45) is 7.05 Å². The van der Waals surface area contributed by atoms with Crippen LogP contribution in [0.15, 0.2) is 12.4 Å². The molecule has 0 unspecified atom stereocenters. The van der Waals surface area contributed by atoms with Gasteiger partial charge in [-0.15, -0.1) is 0 Å². The van der Waals surface area contributed by atoms with Gasteiger partial charge in [-0.3, -0.25) is 0 Å². The van der Waals surface area contributed by atoms with Gasteiger partial charge >= 0.3 is 6.01 Å². The smallest absolute Gasteiger partial charge is 0.453 e. The van der Waals surface area contributed by atoms with Crippen LogP contribution in [0.5, 0.6) is 6.01 Å². The van der Waals surface area contributed by atoms with Gasteiger partial charge in [0.15, 0.2) is 0 Å². The van der Waals surface area contributed by atoms with Crippen LogP contribution in [0, 0.1) is 0 Å². The Kier molecular flexibility index (Phi) is 3.97. The number of halogens is 1. The molecule has 0 atom stereocenters. The van der Waals surface area contributed by atoms with Crippen molar-refractivity contribution in [3.63, 3.8) is 0 Å². The average molecular weight is 177 g/mol. The summed E-state index contributed by atoms with van der Waals surface area (Å²) in [5.74, 6) is 0. The minimum Gasteiger partial charge on any atom is -1.00 e. The third kappa shape index (κ3) is 2.12. The summed E-state index contributed by atoms with van der Waals surface area (Å²) in [7, 11) is 1.82. The lowest BCUT2D eigenvalue weighted by Crippen LogP contribution is -3.00. The molecule has 1 N–H and O–H groups in total. The van der Waals surface area contributed by atoms with E-state index in [1.54, 1.807) is 4.57 Å². The number of imidazole rings is 1. The molecule has 0 aliphatic rings. The summed E-state index contributed by atoms with van der Waals surface area (Å²) in [4.78, 5) is 0. The molecule has 0 aromatic carbocycles. The lowest BCUT2D eigenvalue weighted by Gasteiger charge is -1.91. The average Bonchev–Trinajstić information content (AvgIpc) is 2.20. The van der Waals surface area contributed by atoms with Crippen LogP contribution in [0.3, 0.4) is 0 Å². The molecule has 0 saturated heterocycles. The third-order valence-corrected chi connectivity index (χ3v) is 1.51. The van der Waals surface area contributed by atoms with Gasteiger partial charge in [-0.05, 0) is 6.42 Å². The second kappa shape index (κ2) is 4.23. The Labute approximate surface area is 72.7 Å². The van der Waals surface area contributed by atoms with Crippen molar-refractivity contribution in [2.75, 3.05) is 0 Å². The third-order valence-electron chi connectivity index (χ3n) is 1.51. The molecule has 64 valence electrons. The number of aryl methyl sites for hydroxylation is 2. The van der Waals surface area contributed by atoms with Crippen molar-refractivity contribution >= 4 is 0 Å². The molecule has 0 aliphatic carbocycles. The first-order chi connectivity index (χ1) is 4.75. The van der Waals surface area contributed by atoms with Gasteiger partial charge in [0.25, 0.3) is 0 Å². The van der Waals surface area contributed by atoms with E-state index >= 15 is 0 Å². The van der Waals surface area contributed by atoms with E-state index in [4.69, 9.17) is 0 Å². The Morgan fingerprint density at radius 2 is 2.27 bits per heavy atom. The van der Waals surface area contributed by atoms with Crippen LogP contribution in [-0.4, -0.2) is 9.67 Å². The van der Waals surface area contributed by atoms with Gasteiger partial charge in [0.2, 0.25) is 0 Å². The monoisotopic (exact) mass is 176 g/mol. The Morgan fingerprint density at radius 3 is 2.64 bits per heavy atom. The molecule has 0 radical (unpaired) electrons. The SMILES string of the molecule is CCCn1cc[n+](C)c1O.[Cl-]. The molecule has 0 bridgehead atoms. The number of rotatable bonds is 2. The first-order valence-corrected chi connectivity index (χ1v) is 3.49. The van der Waals surface area contributed by atoms with Crippen LogP contribution in [0.2, 0.25) is 0 Å². The van der Waals surface area contributed by atoms with Gasteiger partial charge < -0.3 is 17.5 Å². The zero-order valence-electron chi connectivity index (χ0n) is 6.79. The minimum atomic E-state index is 0. The number of aromatic nitrogens is 2. The van der Waals surface area contributed by atoms with E-state index < -0.39 is 0 Å². The van der Waals surface area contributed by atoms with Gasteiger partial charge in [-0.2, -0.15) is 4.57 Å². The van der Waals surface area contributed by atoms with Crippen LogP contribution in [0.25, 0.3) is 0 Å². The van der Waals surface area contributed by atoms with Crippen LogP contribution in [-0.2, 0) is 13.6 Å². The number of aromatic hydroxyl groups is 1. The van der Waals surface area contributed by atoms with E-state index in [-0.39, 0.29) is 12.4 Å². The molecule has 0 spiro atoms. The highest BCUT2D eigenvalue weighted by Crippen LogP contribution is 2.01. The van der Waals surface area contributed by atoms with Crippen molar-refractivity contribution in [3.8, 4) is 6.01 Å². The second-order valence-corrected chi connectivity index (χ2v) is 2.40. The molecule has 4 heteroatoms. The van der Waals surface area contributed by atoms with Gasteiger partial charge in [0.1, 0.15) is 12.4 Å². The lowest BCUT2D eigenvalue weighted by atomic mass is 10.5. The summed E-state index contributed by atoms with van der Waals surface area (Å²) >= 11 is 0. The van der Waals surface area contributed by atoms with Gasteiger partial charge in [-0.1, -0.05) is 6.92 Å². The molecule has 1 aromatic rings. The van der Waals surface area contributed by atoms with E-state index in [9.17, 15) is 5.11 Å². The van der Waals surface area contributed by atoms with E-state index in [0.717, 1.165) is 13.0 Å². The summed E-state index contributed by atoms with van der Waals surface area (Å²) in [5, 5.41) is 9.29. The van der Waals surface area contributed by atoms with Crippen molar-refractivity contribution in [1.29, 1.82) is 0 Å². The highest BCUT2D eigenvalue weighted by Gasteiger charge is 2.09. The summed E-state index contributed by atoms with van der Waals surface area (Å²) in [6, 6.07) is 0.321. The first kappa shape index (κ1) is 10.3. The maximum absolute atomic E-state index is 9.29. The Hall–Kier alpha value is -0.700. The molecule has 0 fully saturated rings. The number of hydrogen-bond donors (Lipinski definition) is 1. The largest absolute Gasteiger partial charge is 1.00 e. The molecule has 0 saturated carbocycles. The Morgan fingerprint density at radius 1 is 1.64 bits per heavy atom. The van der Waals surface area contributed by atoms with Crippen molar-refractivity contribution in [2.45, 2.75) is 19.9 Å². The lowest BCUT2D eigenvalue weighted by molar-refractivity contribution is -0.677. The first-order valence-electron chi connectivity index (χ1n) is 3.49. The van der Waals surface area contributed by atoms with E-state index in [2.05, 4.69) is 6.92 Å².